The SMILES string of the molecule is C.CC(=O)OOC(C)=O.CN.CNCc1ccc(OC)nc1.CNCc1ccc(OC)nc1.COc1ccc(C=O)cn1.[B-]OC(C)=O.[Na+]. The van der Waals surface area contributed by atoms with Crippen molar-refractivity contribution in [3.05, 3.63) is 71.7 Å². The number of hydrogen-bond acceptors (Lipinski definition) is 16. The summed E-state index contributed by atoms with van der Waals surface area (Å²) in [4.78, 5) is 58.8. The monoisotopic (exact) mass is 699 g/mol. The number of methoxy groups -OCH3 is 3. The van der Waals surface area contributed by atoms with Gasteiger partial charge in [-0.15, -0.1) is 0 Å². The van der Waals surface area contributed by atoms with Crippen LogP contribution in [0.4, 0.5) is 0 Å². The predicted molar refractivity (Wildman–Crippen MR) is 181 cm³/mol. The average molecular weight is 700 g/mol. The molecule has 0 atom stereocenters. The Labute approximate surface area is 312 Å². The van der Waals surface area contributed by atoms with Gasteiger partial charge in [0.15, 0.2) is 6.29 Å². The molecule has 3 radical (unpaired) electrons. The number of carbonyl (C=O) groups is 4. The Morgan fingerprint density at radius 2 is 1.02 bits per heavy atom. The third kappa shape index (κ3) is 35.0. The maximum atomic E-state index is 10.1. The van der Waals surface area contributed by atoms with Gasteiger partial charge in [0.2, 0.25) is 23.6 Å². The first kappa shape index (κ1) is 54.3. The van der Waals surface area contributed by atoms with E-state index in [4.69, 9.17) is 14.2 Å². The molecule has 3 aromatic rings. The van der Waals surface area contributed by atoms with Crippen LogP contribution in [0.15, 0.2) is 55.0 Å². The van der Waals surface area contributed by atoms with Crippen LogP contribution in [0.2, 0.25) is 0 Å². The number of rotatable bonds is 8. The zero-order valence-electron chi connectivity index (χ0n) is 29.3. The molecule has 0 fully saturated rings. The quantitative estimate of drug-likeness (QED) is 0.116. The summed E-state index contributed by atoms with van der Waals surface area (Å²) in [5.41, 5.74) is 7.38. The molecule has 0 amide bonds. The zero-order valence-corrected chi connectivity index (χ0v) is 31.3. The van der Waals surface area contributed by atoms with Crippen LogP contribution in [-0.4, -0.2) is 89.7 Å². The van der Waals surface area contributed by atoms with Crippen molar-refractivity contribution in [3.63, 3.8) is 0 Å². The van der Waals surface area contributed by atoms with Gasteiger partial charge in [0.05, 0.1) is 21.3 Å². The Morgan fingerprint density at radius 1 is 0.694 bits per heavy atom. The fourth-order valence-electron chi connectivity index (χ4n) is 2.38. The van der Waals surface area contributed by atoms with Crippen molar-refractivity contribution < 1.29 is 77.4 Å². The number of nitrogens with zero attached hydrogens (tertiary/aromatic N) is 3. The van der Waals surface area contributed by atoms with Crippen LogP contribution < -0.4 is 60.1 Å². The minimum absolute atomic E-state index is 0. The van der Waals surface area contributed by atoms with Gasteiger partial charge in [0.25, 0.3) is 0 Å². The van der Waals surface area contributed by atoms with Crippen LogP contribution in [0.5, 0.6) is 17.6 Å². The first-order valence-electron chi connectivity index (χ1n) is 13.5. The van der Waals surface area contributed by atoms with E-state index in [0.29, 0.717) is 23.2 Å². The summed E-state index contributed by atoms with van der Waals surface area (Å²) >= 11 is 0. The number of carbonyl (C=O) groups excluding carboxylic acids is 4. The topological polar surface area (TPSA) is 212 Å². The Bertz CT molecular complexity index is 1160. The molecule has 4 N–H and O–H groups in total. The second-order valence-electron chi connectivity index (χ2n) is 7.99. The van der Waals surface area contributed by atoms with Crippen LogP contribution in [0.3, 0.4) is 0 Å². The van der Waals surface area contributed by atoms with E-state index >= 15 is 0 Å². The fourth-order valence-corrected chi connectivity index (χ4v) is 2.38. The molecule has 0 aliphatic carbocycles. The van der Waals surface area contributed by atoms with Crippen molar-refractivity contribution in [2.45, 2.75) is 41.3 Å². The largest absolute Gasteiger partial charge is 1.00 e. The van der Waals surface area contributed by atoms with Crippen LogP contribution in [0, 0.1) is 0 Å². The van der Waals surface area contributed by atoms with Crippen LogP contribution in [0.25, 0.3) is 0 Å². The van der Waals surface area contributed by atoms with Crippen LogP contribution in [-0.2, 0) is 41.9 Å². The van der Waals surface area contributed by atoms with E-state index in [0.717, 1.165) is 44.4 Å². The third-order valence-electron chi connectivity index (χ3n) is 4.32. The standard InChI is InChI=1S/2C8H12N2O.C7H7NO2.C4H6O4.C2H3BO2.CH5N.CH4.Na/c2*1-9-5-7-3-4-8(11-2)10-6-7;1-10-7-3-2-6(5-9)4-8-7;1-3(5)7-8-4(2)6;1-2(4)5-3;1-2;;/h2*3-4,6,9H,5H2,1-2H3;2-5H,1H3;1-2H3;1H3;2H2,1H3;1H4;/q;;;;-1;;;+1. The summed E-state index contributed by atoms with van der Waals surface area (Å²) in [5, 5.41) is 6.08. The van der Waals surface area contributed by atoms with Crippen molar-refractivity contribution in [2.24, 2.45) is 5.73 Å². The molecule has 3 aromatic heterocycles. The van der Waals surface area contributed by atoms with Crippen LogP contribution >= 0.6 is 0 Å². The molecule has 0 aromatic carbocycles. The summed E-state index contributed by atoms with van der Waals surface area (Å²) in [6.07, 6.45) is 5.81. The van der Waals surface area contributed by atoms with Gasteiger partial charge in [0, 0.05) is 76.2 Å². The molecule has 18 heteroatoms. The van der Waals surface area contributed by atoms with E-state index in [-0.39, 0.29) is 37.0 Å². The molecule has 0 saturated heterocycles. The molecular formula is C31H49BN6NaO10. The molecule has 0 saturated carbocycles. The molecule has 49 heavy (non-hydrogen) atoms. The molecule has 267 valence electrons. The van der Waals surface area contributed by atoms with Gasteiger partial charge in [-0.05, 0) is 38.3 Å². The summed E-state index contributed by atoms with van der Waals surface area (Å²) in [6, 6.07) is 11.0. The number of aldehydes is 1. The van der Waals surface area contributed by atoms with Crippen molar-refractivity contribution in [1.29, 1.82) is 0 Å². The third-order valence-corrected chi connectivity index (χ3v) is 4.32. The average Bonchev–Trinajstić information content (AvgIpc) is 3.10. The van der Waals surface area contributed by atoms with E-state index in [1.807, 2.05) is 38.4 Å². The second kappa shape index (κ2) is 38.3. The Balaban J connectivity index is -0.000000164. The Hall–Kier alpha value is -4.13. The fraction of sp³-hybridized carbons (Fsp3) is 0.387. The van der Waals surface area contributed by atoms with Gasteiger partial charge >= 0.3 is 41.5 Å². The normalized spacial score (nSPS) is 8.22. The number of nitrogens with one attached hydrogen (secondary N) is 2. The van der Waals surface area contributed by atoms with Crippen molar-refractivity contribution in [2.75, 3.05) is 42.5 Å². The van der Waals surface area contributed by atoms with Crippen molar-refractivity contribution >= 4 is 32.2 Å². The van der Waals surface area contributed by atoms with Gasteiger partial charge in [0.1, 0.15) is 0 Å². The molecule has 0 spiro atoms. The van der Waals surface area contributed by atoms with Gasteiger partial charge in [-0.2, -0.15) is 0 Å². The van der Waals surface area contributed by atoms with E-state index < -0.39 is 17.9 Å². The molecule has 0 unspecified atom stereocenters. The summed E-state index contributed by atoms with van der Waals surface area (Å²) in [7, 11) is 14.4. The second-order valence-corrected chi connectivity index (χ2v) is 7.99. The van der Waals surface area contributed by atoms with E-state index in [1.54, 1.807) is 38.7 Å². The molecule has 3 heterocycles. The maximum Gasteiger partial charge on any atom is 1.00 e. The minimum atomic E-state index is -0.639. The molecule has 16 nitrogen and oxygen atoms in total. The summed E-state index contributed by atoms with van der Waals surface area (Å²) in [5.74, 6) is 0.0886. The van der Waals surface area contributed by atoms with Crippen molar-refractivity contribution in [1.82, 2.24) is 25.6 Å². The maximum absolute atomic E-state index is 10.1. The van der Waals surface area contributed by atoms with Crippen LogP contribution in [0.1, 0.15) is 49.7 Å². The number of hydrogen-bond donors (Lipinski definition) is 3. The summed E-state index contributed by atoms with van der Waals surface area (Å²) in [6.45, 7) is 5.21. The Morgan fingerprint density at radius 3 is 1.20 bits per heavy atom. The number of nitrogens with two attached hydrogens (primary N) is 1. The number of pyridine rings is 3. The van der Waals surface area contributed by atoms with E-state index in [9.17, 15) is 19.2 Å². The molecule has 0 aliphatic heterocycles. The predicted octanol–water partition coefficient (Wildman–Crippen LogP) is -0.602. The van der Waals surface area contributed by atoms with E-state index in [1.165, 1.54) is 27.3 Å². The Kier molecular flexibility index (Phi) is 42.5. The number of ether oxygens (including phenoxy) is 3. The van der Waals surface area contributed by atoms with Gasteiger partial charge in [-0.25, -0.2) is 34.3 Å². The molecule has 3 rings (SSSR count). The zero-order chi connectivity index (χ0) is 36.5. The van der Waals surface area contributed by atoms with Gasteiger partial charge in [-0.3, -0.25) is 9.59 Å². The molecular weight excluding hydrogens is 650 g/mol. The first-order valence-corrected chi connectivity index (χ1v) is 13.5. The molecule has 0 aliphatic rings. The minimum Gasteiger partial charge on any atom is -0.793 e. The van der Waals surface area contributed by atoms with Gasteiger partial charge in [-0.1, -0.05) is 19.6 Å². The smallest absolute Gasteiger partial charge is 0.793 e. The molecule has 0 bridgehead atoms. The van der Waals surface area contributed by atoms with Crippen molar-refractivity contribution in [3.8, 4) is 17.6 Å². The number of aromatic nitrogens is 3. The first-order chi connectivity index (χ1) is 22.5. The van der Waals surface area contributed by atoms with Gasteiger partial charge < -0.3 is 43.3 Å². The van der Waals surface area contributed by atoms with E-state index in [2.05, 4.69) is 53.8 Å². The summed E-state index contributed by atoms with van der Waals surface area (Å²) < 4.78 is 18.2.